The number of aryl methyl sites for hydroxylation is 1. The van der Waals surface area contributed by atoms with Gasteiger partial charge in [-0.05, 0) is 75.6 Å². The SMILES string of the molecule is C=CNCCN(CC1(CC(C)(C)C)CC1)c1nc(C#N)nc(CCC(=C)CCCNC)c1Cl. The Hall–Kier alpha value is -2.10. The van der Waals surface area contributed by atoms with Gasteiger partial charge >= 0.3 is 0 Å². The van der Waals surface area contributed by atoms with Gasteiger partial charge < -0.3 is 15.5 Å². The van der Waals surface area contributed by atoms with E-state index in [2.05, 4.69) is 65.5 Å². The number of hydrogen-bond acceptors (Lipinski definition) is 6. The van der Waals surface area contributed by atoms with Crippen molar-refractivity contribution >= 4 is 17.4 Å². The maximum Gasteiger partial charge on any atom is 0.234 e. The summed E-state index contributed by atoms with van der Waals surface area (Å²) in [6.45, 7) is 18.2. The molecular formula is C26H41ClN6. The fraction of sp³-hybridized carbons (Fsp3) is 0.654. The molecule has 1 aromatic rings. The standard InChI is InChI=1S/C26H41ClN6/c1-7-30-15-16-33(19-26(12-13-26)18-25(3,4)5)24-23(27)21(31-22(17-28)32-24)11-10-20(2)9-8-14-29-6/h7,29-30H,1-2,8-16,18-19H2,3-6H3. The van der Waals surface area contributed by atoms with Crippen LogP contribution in [0.25, 0.3) is 0 Å². The van der Waals surface area contributed by atoms with E-state index in [0.29, 0.717) is 17.3 Å². The first-order chi connectivity index (χ1) is 15.6. The number of aromatic nitrogens is 2. The van der Waals surface area contributed by atoms with Crippen molar-refractivity contribution in [3.05, 3.63) is 41.5 Å². The topological polar surface area (TPSA) is 76.9 Å². The van der Waals surface area contributed by atoms with Crippen molar-refractivity contribution in [2.24, 2.45) is 10.8 Å². The maximum atomic E-state index is 9.61. The van der Waals surface area contributed by atoms with Crippen molar-refractivity contribution in [3.8, 4) is 6.07 Å². The molecule has 0 aromatic carbocycles. The zero-order valence-corrected chi connectivity index (χ0v) is 21.7. The molecule has 1 aromatic heterocycles. The summed E-state index contributed by atoms with van der Waals surface area (Å²) in [5.41, 5.74) is 2.44. The van der Waals surface area contributed by atoms with Crippen molar-refractivity contribution in [3.63, 3.8) is 0 Å². The van der Waals surface area contributed by atoms with Gasteiger partial charge in [0.25, 0.3) is 0 Å². The Bertz CT molecular complexity index is 848. The van der Waals surface area contributed by atoms with Crippen LogP contribution in [0.4, 0.5) is 5.82 Å². The third-order valence-corrected chi connectivity index (χ3v) is 6.42. The van der Waals surface area contributed by atoms with Crippen LogP contribution in [0.5, 0.6) is 0 Å². The Balaban J connectivity index is 2.26. The summed E-state index contributed by atoms with van der Waals surface area (Å²) in [5, 5.41) is 16.5. The summed E-state index contributed by atoms with van der Waals surface area (Å²) < 4.78 is 0. The van der Waals surface area contributed by atoms with Crippen molar-refractivity contribution in [2.45, 2.75) is 65.7 Å². The second-order valence-corrected chi connectivity index (χ2v) is 10.9. The molecule has 0 bridgehead atoms. The molecule has 0 saturated heterocycles. The molecule has 0 aliphatic heterocycles. The number of allylic oxidation sites excluding steroid dienone is 1. The van der Waals surface area contributed by atoms with E-state index in [1.807, 2.05) is 7.05 Å². The molecule has 1 aliphatic carbocycles. The van der Waals surface area contributed by atoms with Crippen molar-refractivity contribution in [2.75, 3.05) is 38.1 Å². The number of nitriles is 1. The average Bonchev–Trinajstić information content (AvgIpc) is 3.49. The highest BCUT2D eigenvalue weighted by Gasteiger charge is 2.46. The summed E-state index contributed by atoms with van der Waals surface area (Å²) in [6, 6.07) is 2.13. The first-order valence-electron chi connectivity index (χ1n) is 12.0. The summed E-state index contributed by atoms with van der Waals surface area (Å²) in [5.74, 6) is 0.845. The maximum absolute atomic E-state index is 9.61. The molecular weight excluding hydrogens is 432 g/mol. The average molecular weight is 473 g/mol. The first kappa shape index (κ1) is 27.1. The van der Waals surface area contributed by atoms with Gasteiger partial charge in [0, 0.05) is 19.6 Å². The largest absolute Gasteiger partial charge is 0.390 e. The quantitative estimate of drug-likeness (QED) is 0.268. The highest BCUT2D eigenvalue weighted by atomic mass is 35.5. The Kier molecular flexibility index (Phi) is 10.2. The highest BCUT2D eigenvalue weighted by Crippen LogP contribution is 2.54. The van der Waals surface area contributed by atoms with E-state index in [0.717, 1.165) is 57.6 Å². The molecule has 0 amide bonds. The Morgan fingerprint density at radius 1 is 1.27 bits per heavy atom. The molecule has 1 saturated carbocycles. The molecule has 0 unspecified atom stereocenters. The summed E-state index contributed by atoms with van der Waals surface area (Å²) in [4.78, 5) is 11.3. The number of hydrogen-bond donors (Lipinski definition) is 2. The number of halogens is 1. The number of rotatable bonds is 15. The lowest BCUT2D eigenvalue weighted by atomic mass is 9.82. The van der Waals surface area contributed by atoms with E-state index in [9.17, 15) is 5.26 Å². The molecule has 2 N–H and O–H groups in total. The van der Waals surface area contributed by atoms with Gasteiger partial charge in [-0.3, -0.25) is 0 Å². The van der Waals surface area contributed by atoms with Crippen molar-refractivity contribution in [1.82, 2.24) is 20.6 Å². The first-order valence-corrected chi connectivity index (χ1v) is 12.4. The van der Waals surface area contributed by atoms with Crippen LogP contribution in [0.3, 0.4) is 0 Å². The third kappa shape index (κ3) is 8.98. The van der Waals surface area contributed by atoms with Crippen LogP contribution in [-0.4, -0.2) is 43.2 Å². The van der Waals surface area contributed by atoms with Crippen LogP contribution < -0.4 is 15.5 Å². The van der Waals surface area contributed by atoms with Gasteiger partial charge in [0.1, 0.15) is 11.1 Å². The summed E-state index contributed by atoms with van der Waals surface area (Å²) in [7, 11) is 1.96. The molecule has 0 radical (unpaired) electrons. The van der Waals surface area contributed by atoms with Gasteiger partial charge in [-0.15, -0.1) is 0 Å². The summed E-state index contributed by atoms with van der Waals surface area (Å²) >= 11 is 6.88. The lowest BCUT2D eigenvalue weighted by molar-refractivity contribution is 0.278. The molecule has 7 heteroatoms. The molecule has 6 nitrogen and oxygen atoms in total. The van der Waals surface area contributed by atoms with Crippen molar-refractivity contribution < 1.29 is 0 Å². The van der Waals surface area contributed by atoms with Gasteiger partial charge in [-0.25, -0.2) is 4.98 Å². The molecule has 0 atom stereocenters. The number of nitrogens with one attached hydrogen (secondary N) is 2. The minimum absolute atomic E-state index is 0.174. The van der Waals surface area contributed by atoms with E-state index in [1.165, 1.54) is 18.4 Å². The van der Waals surface area contributed by atoms with E-state index >= 15 is 0 Å². The predicted molar refractivity (Wildman–Crippen MR) is 139 cm³/mol. The van der Waals surface area contributed by atoms with Crippen LogP contribution in [0, 0.1) is 22.2 Å². The number of nitrogens with zero attached hydrogens (tertiary/aromatic N) is 4. The molecule has 1 fully saturated rings. The minimum atomic E-state index is 0.174. The Morgan fingerprint density at radius 3 is 2.58 bits per heavy atom. The zero-order valence-electron chi connectivity index (χ0n) is 20.9. The van der Waals surface area contributed by atoms with Crippen LogP contribution >= 0.6 is 11.6 Å². The van der Waals surface area contributed by atoms with Gasteiger partial charge in [0.05, 0.1) is 5.69 Å². The predicted octanol–water partition coefficient (Wildman–Crippen LogP) is 5.25. The van der Waals surface area contributed by atoms with Gasteiger partial charge in [0.15, 0.2) is 5.82 Å². The zero-order chi connectivity index (χ0) is 24.5. The van der Waals surface area contributed by atoms with Crippen LogP contribution in [0.15, 0.2) is 24.9 Å². The second-order valence-electron chi connectivity index (χ2n) is 10.5. The summed E-state index contributed by atoms with van der Waals surface area (Å²) in [6.07, 6.45) is 8.76. The van der Waals surface area contributed by atoms with E-state index in [-0.39, 0.29) is 16.7 Å². The normalized spacial score (nSPS) is 14.4. The van der Waals surface area contributed by atoms with E-state index < -0.39 is 0 Å². The van der Waals surface area contributed by atoms with E-state index in [4.69, 9.17) is 11.6 Å². The number of anilines is 1. The van der Waals surface area contributed by atoms with Crippen LogP contribution in [0.1, 0.15) is 70.8 Å². The van der Waals surface area contributed by atoms with Crippen molar-refractivity contribution in [1.29, 1.82) is 5.26 Å². The molecule has 0 spiro atoms. The smallest absolute Gasteiger partial charge is 0.234 e. The van der Waals surface area contributed by atoms with Gasteiger partial charge in [-0.1, -0.05) is 51.1 Å². The second kappa shape index (κ2) is 12.4. The molecule has 1 heterocycles. The highest BCUT2D eigenvalue weighted by molar-refractivity contribution is 6.33. The minimum Gasteiger partial charge on any atom is -0.390 e. The molecule has 182 valence electrons. The fourth-order valence-electron chi connectivity index (χ4n) is 4.50. The lowest BCUT2D eigenvalue weighted by Gasteiger charge is -2.33. The van der Waals surface area contributed by atoms with Gasteiger partial charge in [0.2, 0.25) is 5.82 Å². The molecule has 1 aliphatic rings. The fourth-order valence-corrected chi connectivity index (χ4v) is 4.80. The monoisotopic (exact) mass is 472 g/mol. The Labute approximate surface area is 205 Å². The van der Waals surface area contributed by atoms with Gasteiger partial charge in [-0.2, -0.15) is 10.2 Å². The lowest BCUT2D eigenvalue weighted by Crippen LogP contribution is -2.37. The molecule has 2 rings (SSSR count). The van der Waals surface area contributed by atoms with Crippen LogP contribution in [0.2, 0.25) is 5.02 Å². The van der Waals surface area contributed by atoms with Crippen LogP contribution in [-0.2, 0) is 6.42 Å². The van der Waals surface area contributed by atoms with E-state index in [1.54, 1.807) is 6.20 Å². The third-order valence-electron chi connectivity index (χ3n) is 6.03. The molecule has 33 heavy (non-hydrogen) atoms. The Morgan fingerprint density at radius 2 is 2.00 bits per heavy atom.